The summed E-state index contributed by atoms with van der Waals surface area (Å²) in [6.07, 6.45) is 2.94. The van der Waals surface area contributed by atoms with Crippen molar-refractivity contribution >= 4 is 41.6 Å². The average molecular weight is 395 g/mol. The summed E-state index contributed by atoms with van der Waals surface area (Å²) >= 11 is 3.12. The van der Waals surface area contributed by atoms with E-state index < -0.39 is 9.05 Å². The van der Waals surface area contributed by atoms with Gasteiger partial charge in [-0.05, 0) is 58.8 Å². The van der Waals surface area contributed by atoms with E-state index in [1.54, 1.807) is 6.07 Å². The fourth-order valence-corrected chi connectivity index (χ4v) is 4.78. The number of amides is 1. The van der Waals surface area contributed by atoms with Crippen LogP contribution in [0.3, 0.4) is 0 Å². The van der Waals surface area contributed by atoms with E-state index in [1.807, 2.05) is 0 Å². The van der Waals surface area contributed by atoms with Gasteiger partial charge in [0.15, 0.2) is 0 Å². The third-order valence-electron chi connectivity index (χ3n) is 3.76. The van der Waals surface area contributed by atoms with E-state index in [2.05, 4.69) is 35.1 Å². The third-order valence-corrected chi connectivity index (χ3v) is 6.08. The van der Waals surface area contributed by atoms with Crippen LogP contribution in [0.4, 0.5) is 0 Å². The molecule has 1 amide bonds. The molecule has 1 atom stereocenters. The van der Waals surface area contributed by atoms with E-state index in [4.69, 9.17) is 10.7 Å². The van der Waals surface area contributed by atoms with Gasteiger partial charge in [0, 0.05) is 26.8 Å². The van der Waals surface area contributed by atoms with Gasteiger partial charge in [-0.1, -0.05) is 13.8 Å². The average Bonchev–Trinajstić information content (AvgIpc) is 2.67. The standard InChI is InChI=1S/C14H17BrClNO3S/c1-14(2)6-5-10(8-14)17-13(18)9-3-4-11(15)12(7-9)21(16,19)20/h3-4,7,10H,5-6,8H2,1-2H3,(H,17,18). The summed E-state index contributed by atoms with van der Waals surface area (Å²) in [4.78, 5) is 12.1. The predicted molar refractivity (Wildman–Crippen MR) is 86.1 cm³/mol. The molecule has 0 bridgehead atoms. The highest BCUT2D eigenvalue weighted by molar-refractivity contribution is 9.10. The van der Waals surface area contributed by atoms with Crippen molar-refractivity contribution in [2.24, 2.45) is 5.41 Å². The molecule has 1 N–H and O–H groups in total. The van der Waals surface area contributed by atoms with E-state index in [9.17, 15) is 13.2 Å². The Hall–Kier alpha value is -0.590. The van der Waals surface area contributed by atoms with Gasteiger partial charge in [0.25, 0.3) is 15.0 Å². The van der Waals surface area contributed by atoms with Crippen LogP contribution in [0.5, 0.6) is 0 Å². The number of halogens is 2. The molecule has 0 radical (unpaired) electrons. The largest absolute Gasteiger partial charge is 0.349 e. The lowest BCUT2D eigenvalue weighted by Gasteiger charge is -2.18. The van der Waals surface area contributed by atoms with E-state index in [-0.39, 0.29) is 22.3 Å². The lowest BCUT2D eigenvalue weighted by molar-refractivity contribution is 0.0936. The topological polar surface area (TPSA) is 63.2 Å². The minimum atomic E-state index is -3.89. The summed E-state index contributed by atoms with van der Waals surface area (Å²) in [5.41, 5.74) is 0.532. The Morgan fingerprint density at radius 2 is 2.10 bits per heavy atom. The summed E-state index contributed by atoms with van der Waals surface area (Å²) in [6, 6.07) is 4.52. The van der Waals surface area contributed by atoms with Crippen molar-refractivity contribution in [1.29, 1.82) is 0 Å². The van der Waals surface area contributed by atoms with Crippen LogP contribution in [0, 0.1) is 5.41 Å². The fraction of sp³-hybridized carbons (Fsp3) is 0.500. The number of rotatable bonds is 3. The molecule has 21 heavy (non-hydrogen) atoms. The molecule has 1 aliphatic rings. The van der Waals surface area contributed by atoms with Crippen LogP contribution in [0.25, 0.3) is 0 Å². The maximum absolute atomic E-state index is 12.2. The van der Waals surface area contributed by atoms with Crippen LogP contribution in [-0.4, -0.2) is 20.4 Å². The highest BCUT2D eigenvalue weighted by atomic mass is 79.9. The van der Waals surface area contributed by atoms with E-state index in [0.29, 0.717) is 10.0 Å². The smallest absolute Gasteiger partial charge is 0.262 e. The maximum Gasteiger partial charge on any atom is 0.262 e. The van der Waals surface area contributed by atoms with Gasteiger partial charge in [-0.2, -0.15) is 0 Å². The molecular weight excluding hydrogens is 378 g/mol. The van der Waals surface area contributed by atoms with Crippen molar-refractivity contribution < 1.29 is 13.2 Å². The minimum Gasteiger partial charge on any atom is -0.349 e. The summed E-state index contributed by atoms with van der Waals surface area (Å²) in [5, 5.41) is 2.96. The molecule has 0 aliphatic heterocycles. The summed E-state index contributed by atoms with van der Waals surface area (Å²) in [5.74, 6) is -0.272. The molecule has 4 nitrogen and oxygen atoms in total. The van der Waals surface area contributed by atoms with Crippen LogP contribution in [-0.2, 0) is 9.05 Å². The predicted octanol–water partition coefficient (Wildman–Crippen LogP) is 3.69. The number of benzene rings is 1. The molecule has 7 heteroatoms. The van der Waals surface area contributed by atoms with Crippen LogP contribution in [0.2, 0.25) is 0 Å². The van der Waals surface area contributed by atoms with Gasteiger partial charge in [-0.15, -0.1) is 0 Å². The first-order valence-corrected chi connectivity index (χ1v) is 9.74. The Morgan fingerprint density at radius 1 is 1.43 bits per heavy atom. The first kappa shape index (κ1) is 16.8. The van der Waals surface area contributed by atoms with Crippen LogP contribution in [0.1, 0.15) is 43.5 Å². The van der Waals surface area contributed by atoms with Gasteiger partial charge < -0.3 is 5.32 Å². The van der Waals surface area contributed by atoms with Crippen molar-refractivity contribution in [3.05, 3.63) is 28.2 Å². The van der Waals surface area contributed by atoms with E-state index in [0.717, 1.165) is 19.3 Å². The Kier molecular flexibility index (Phi) is 4.71. The molecule has 1 aromatic rings. The molecular formula is C14H17BrClNO3S. The zero-order valence-electron chi connectivity index (χ0n) is 11.8. The zero-order chi connectivity index (χ0) is 15.8. The Balaban J connectivity index is 2.17. The lowest BCUT2D eigenvalue weighted by atomic mass is 9.92. The van der Waals surface area contributed by atoms with Crippen molar-refractivity contribution in [2.45, 2.75) is 44.0 Å². The monoisotopic (exact) mass is 393 g/mol. The van der Waals surface area contributed by atoms with Crippen LogP contribution < -0.4 is 5.32 Å². The molecule has 2 rings (SSSR count). The molecule has 1 aliphatic carbocycles. The second-order valence-electron chi connectivity index (χ2n) is 6.16. The molecule has 1 fully saturated rings. The van der Waals surface area contributed by atoms with Crippen LogP contribution in [0.15, 0.2) is 27.6 Å². The number of carbonyl (C=O) groups excluding carboxylic acids is 1. The molecule has 116 valence electrons. The SMILES string of the molecule is CC1(C)CCC(NC(=O)c2ccc(Br)c(S(=O)(=O)Cl)c2)C1. The van der Waals surface area contributed by atoms with Gasteiger partial charge in [0.05, 0.1) is 4.90 Å². The number of hydrogen-bond donors (Lipinski definition) is 1. The van der Waals surface area contributed by atoms with Crippen molar-refractivity contribution in [3.63, 3.8) is 0 Å². The van der Waals surface area contributed by atoms with E-state index >= 15 is 0 Å². The van der Waals surface area contributed by atoms with Crippen LogP contribution >= 0.6 is 26.6 Å². The lowest BCUT2D eigenvalue weighted by Crippen LogP contribution is -2.33. The van der Waals surface area contributed by atoms with Gasteiger partial charge in [0.2, 0.25) is 0 Å². The first-order valence-electron chi connectivity index (χ1n) is 6.64. The second-order valence-corrected chi connectivity index (χ2v) is 9.55. The highest BCUT2D eigenvalue weighted by Crippen LogP contribution is 2.37. The van der Waals surface area contributed by atoms with E-state index in [1.165, 1.54) is 12.1 Å². The summed E-state index contributed by atoms with van der Waals surface area (Å²) in [6.45, 7) is 4.36. The molecule has 0 spiro atoms. The number of carbonyl (C=O) groups is 1. The second kappa shape index (κ2) is 5.89. The Morgan fingerprint density at radius 3 is 2.62 bits per heavy atom. The quantitative estimate of drug-likeness (QED) is 0.795. The van der Waals surface area contributed by atoms with Gasteiger partial charge >= 0.3 is 0 Å². The van der Waals surface area contributed by atoms with Gasteiger partial charge in [0.1, 0.15) is 0 Å². The highest BCUT2D eigenvalue weighted by Gasteiger charge is 2.32. The minimum absolute atomic E-state index is 0.0939. The zero-order valence-corrected chi connectivity index (χ0v) is 15.0. The van der Waals surface area contributed by atoms with Gasteiger partial charge in [-0.25, -0.2) is 8.42 Å². The molecule has 0 heterocycles. The number of hydrogen-bond acceptors (Lipinski definition) is 3. The molecule has 0 saturated heterocycles. The van der Waals surface area contributed by atoms with Crippen molar-refractivity contribution in [3.8, 4) is 0 Å². The van der Waals surface area contributed by atoms with Gasteiger partial charge in [-0.3, -0.25) is 4.79 Å². The maximum atomic E-state index is 12.2. The summed E-state index contributed by atoms with van der Waals surface area (Å²) in [7, 11) is 1.47. The molecule has 1 unspecified atom stereocenters. The Bertz CT molecular complexity index is 673. The molecule has 1 saturated carbocycles. The molecule has 0 aromatic heterocycles. The first-order chi connectivity index (χ1) is 9.58. The third kappa shape index (κ3) is 4.20. The fourth-order valence-electron chi connectivity index (χ4n) is 2.66. The number of nitrogens with one attached hydrogen (secondary N) is 1. The van der Waals surface area contributed by atoms with Crippen molar-refractivity contribution in [2.75, 3.05) is 0 Å². The Labute approximate surface area is 137 Å². The summed E-state index contributed by atoms with van der Waals surface area (Å²) < 4.78 is 23.3. The normalized spacial score (nSPS) is 21.2. The molecule has 1 aromatic carbocycles. The van der Waals surface area contributed by atoms with Crippen molar-refractivity contribution in [1.82, 2.24) is 5.32 Å².